The number of rotatable bonds is 0. The molecule has 1 aliphatic rings. The van der Waals surface area contributed by atoms with E-state index in [0.29, 0.717) is 6.42 Å². The monoisotopic (exact) mass is 136 g/mol. The molecule has 0 aromatic rings. The lowest BCUT2D eigenvalue weighted by Crippen LogP contribution is -2.03. The first-order valence-corrected chi connectivity index (χ1v) is 3.60. The maximum absolute atomic E-state index is 10.8. The predicted octanol–water partition coefficient (Wildman–Crippen LogP) is 2.24. The number of carbonyl (C=O) groups excluding carboxylic acids is 1. The summed E-state index contributed by atoms with van der Waals surface area (Å²) < 4.78 is 0. The maximum Gasteiger partial charge on any atom is 0.156 e. The van der Waals surface area contributed by atoms with Gasteiger partial charge in [0.2, 0.25) is 0 Å². The highest BCUT2D eigenvalue weighted by Crippen LogP contribution is 2.20. The Labute approximate surface area is 61.4 Å². The van der Waals surface area contributed by atoms with Crippen molar-refractivity contribution >= 4 is 5.78 Å². The largest absolute Gasteiger partial charge is 0.295 e. The normalized spacial score (nSPS) is 23.2. The fourth-order valence-corrected chi connectivity index (χ4v) is 1.23. The number of hydrogen-bond donors (Lipinski definition) is 0. The highest BCUT2D eigenvalue weighted by atomic mass is 16.1. The Hall–Kier alpha value is -0.850. The quantitative estimate of drug-likeness (QED) is 0.499. The van der Waals surface area contributed by atoms with E-state index in [1.54, 1.807) is 6.08 Å². The zero-order valence-corrected chi connectivity index (χ0v) is 6.48. The summed E-state index contributed by atoms with van der Waals surface area (Å²) in [6.45, 7) is 4.01. The van der Waals surface area contributed by atoms with Crippen molar-refractivity contribution in [3.63, 3.8) is 0 Å². The number of ketones is 1. The van der Waals surface area contributed by atoms with Crippen LogP contribution < -0.4 is 0 Å². The minimum absolute atomic E-state index is 0.267. The van der Waals surface area contributed by atoms with Gasteiger partial charge < -0.3 is 0 Å². The van der Waals surface area contributed by atoms with Gasteiger partial charge in [-0.15, -0.1) is 0 Å². The first-order valence-electron chi connectivity index (χ1n) is 3.60. The molecule has 0 bridgehead atoms. The first-order chi connectivity index (χ1) is 4.74. The summed E-state index contributed by atoms with van der Waals surface area (Å²) in [6, 6.07) is 0. The van der Waals surface area contributed by atoms with Crippen molar-refractivity contribution in [1.29, 1.82) is 0 Å². The van der Waals surface area contributed by atoms with Crippen molar-refractivity contribution in [2.45, 2.75) is 26.7 Å². The molecule has 0 amide bonds. The van der Waals surface area contributed by atoms with E-state index in [9.17, 15) is 4.79 Å². The van der Waals surface area contributed by atoms with E-state index >= 15 is 0 Å². The van der Waals surface area contributed by atoms with Gasteiger partial charge in [-0.25, -0.2) is 0 Å². The molecule has 0 aromatic carbocycles. The maximum atomic E-state index is 10.8. The number of carbonyl (C=O) groups is 1. The van der Waals surface area contributed by atoms with Crippen molar-refractivity contribution in [3.8, 4) is 0 Å². The van der Waals surface area contributed by atoms with E-state index in [4.69, 9.17) is 0 Å². The van der Waals surface area contributed by atoms with Gasteiger partial charge in [0.1, 0.15) is 0 Å². The van der Waals surface area contributed by atoms with E-state index in [1.807, 2.05) is 13.8 Å². The minimum atomic E-state index is 0.267. The zero-order valence-electron chi connectivity index (χ0n) is 6.48. The summed E-state index contributed by atoms with van der Waals surface area (Å²) in [4.78, 5) is 10.8. The Morgan fingerprint density at radius 2 is 2.20 bits per heavy atom. The second kappa shape index (κ2) is 2.82. The summed E-state index contributed by atoms with van der Waals surface area (Å²) in [5.41, 5.74) is 2.46. The van der Waals surface area contributed by atoms with Gasteiger partial charge in [-0.3, -0.25) is 4.79 Å². The van der Waals surface area contributed by atoms with Gasteiger partial charge in [0.25, 0.3) is 0 Å². The molecule has 1 aliphatic carbocycles. The third kappa shape index (κ3) is 1.35. The lowest BCUT2D eigenvalue weighted by Gasteiger charge is -2.10. The minimum Gasteiger partial charge on any atom is -0.295 e. The first kappa shape index (κ1) is 7.26. The standard InChI is InChI=1S/C9H12O/c1-3-8-4-5-9(10)6-7(8)2/h3,6H,4-5H2,1-2H3/b8-3-. The average Bonchev–Trinajstić information content (AvgIpc) is 1.88. The second-order valence-corrected chi connectivity index (χ2v) is 2.61. The zero-order chi connectivity index (χ0) is 7.56. The van der Waals surface area contributed by atoms with Crippen LogP contribution >= 0.6 is 0 Å². The Bertz CT molecular complexity index is 209. The van der Waals surface area contributed by atoms with E-state index in [-0.39, 0.29) is 5.78 Å². The summed E-state index contributed by atoms with van der Waals surface area (Å²) >= 11 is 0. The SMILES string of the molecule is C/C=C1/CCC(=O)C=C1C. The van der Waals surface area contributed by atoms with Crippen molar-refractivity contribution in [2.75, 3.05) is 0 Å². The van der Waals surface area contributed by atoms with Crippen molar-refractivity contribution in [2.24, 2.45) is 0 Å². The van der Waals surface area contributed by atoms with Crippen LogP contribution in [0, 0.1) is 0 Å². The van der Waals surface area contributed by atoms with Crippen LogP contribution in [0.4, 0.5) is 0 Å². The van der Waals surface area contributed by atoms with Gasteiger partial charge in [-0.05, 0) is 37.5 Å². The molecular weight excluding hydrogens is 124 g/mol. The Morgan fingerprint density at radius 3 is 2.70 bits per heavy atom. The highest BCUT2D eigenvalue weighted by molar-refractivity contribution is 5.92. The molecule has 0 unspecified atom stereocenters. The van der Waals surface area contributed by atoms with Crippen LogP contribution in [0.2, 0.25) is 0 Å². The molecule has 0 saturated carbocycles. The molecule has 0 aliphatic heterocycles. The third-order valence-corrected chi connectivity index (χ3v) is 1.87. The second-order valence-electron chi connectivity index (χ2n) is 2.61. The summed E-state index contributed by atoms with van der Waals surface area (Å²) in [5.74, 6) is 0.267. The molecular formula is C9H12O. The van der Waals surface area contributed by atoms with Crippen molar-refractivity contribution in [3.05, 3.63) is 23.3 Å². The van der Waals surface area contributed by atoms with Crippen LogP contribution in [0.1, 0.15) is 26.7 Å². The molecule has 10 heavy (non-hydrogen) atoms. The fraction of sp³-hybridized carbons (Fsp3) is 0.444. The molecule has 0 radical (unpaired) electrons. The lowest BCUT2D eigenvalue weighted by atomic mass is 9.94. The molecule has 1 heteroatoms. The number of allylic oxidation sites excluding steroid dienone is 4. The van der Waals surface area contributed by atoms with Gasteiger partial charge >= 0.3 is 0 Å². The molecule has 0 N–H and O–H groups in total. The van der Waals surface area contributed by atoms with E-state index < -0.39 is 0 Å². The molecule has 0 heterocycles. The molecule has 0 atom stereocenters. The summed E-state index contributed by atoms with van der Waals surface area (Å²) in [6.07, 6.45) is 5.44. The smallest absolute Gasteiger partial charge is 0.156 e. The highest BCUT2D eigenvalue weighted by Gasteiger charge is 2.09. The molecule has 0 fully saturated rings. The van der Waals surface area contributed by atoms with Gasteiger partial charge in [-0.2, -0.15) is 0 Å². The van der Waals surface area contributed by atoms with Crippen molar-refractivity contribution in [1.82, 2.24) is 0 Å². The van der Waals surface area contributed by atoms with Crippen LogP contribution in [0.15, 0.2) is 23.3 Å². The topological polar surface area (TPSA) is 17.1 Å². The van der Waals surface area contributed by atoms with Gasteiger partial charge in [-0.1, -0.05) is 6.08 Å². The third-order valence-electron chi connectivity index (χ3n) is 1.87. The Morgan fingerprint density at radius 1 is 1.50 bits per heavy atom. The van der Waals surface area contributed by atoms with Gasteiger partial charge in [0.05, 0.1) is 0 Å². The van der Waals surface area contributed by atoms with E-state index in [0.717, 1.165) is 12.0 Å². The molecule has 54 valence electrons. The van der Waals surface area contributed by atoms with Gasteiger partial charge in [0, 0.05) is 6.42 Å². The van der Waals surface area contributed by atoms with Crippen LogP contribution in [-0.4, -0.2) is 5.78 Å². The summed E-state index contributed by atoms with van der Waals surface area (Å²) in [7, 11) is 0. The molecule has 0 spiro atoms. The van der Waals surface area contributed by atoms with Crippen LogP contribution in [0.5, 0.6) is 0 Å². The molecule has 0 saturated heterocycles. The fourth-order valence-electron chi connectivity index (χ4n) is 1.23. The Kier molecular flexibility index (Phi) is 2.05. The average molecular weight is 136 g/mol. The lowest BCUT2D eigenvalue weighted by molar-refractivity contribution is -0.114. The number of hydrogen-bond acceptors (Lipinski definition) is 1. The van der Waals surface area contributed by atoms with Crippen LogP contribution in [0.25, 0.3) is 0 Å². The molecule has 1 rings (SSSR count). The molecule has 1 nitrogen and oxygen atoms in total. The summed E-state index contributed by atoms with van der Waals surface area (Å²) in [5, 5.41) is 0. The van der Waals surface area contributed by atoms with Gasteiger partial charge in [0.15, 0.2) is 5.78 Å². The van der Waals surface area contributed by atoms with E-state index in [1.165, 1.54) is 5.57 Å². The van der Waals surface area contributed by atoms with E-state index in [2.05, 4.69) is 6.08 Å². The van der Waals surface area contributed by atoms with Crippen LogP contribution in [-0.2, 0) is 4.79 Å². The molecule has 0 aromatic heterocycles. The van der Waals surface area contributed by atoms with Crippen LogP contribution in [0.3, 0.4) is 0 Å². The Balaban J connectivity index is 2.87. The van der Waals surface area contributed by atoms with Crippen molar-refractivity contribution < 1.29 is 4.79 Å². The predicted molar refractivity (Wildman–Crippen MR) is 41.8 cm³/mol.